The predicted octanol–water partition coefficient (Wildman–Crippen LogP) is -0.0469. The number of ether oxygens (including phenoxy) is 1. The minimum absolute atomic E-state index is 0. The van der Waals surface area contributed by atoms with Gasteiger partial charge in [-0.3, -0.25) is 19.7 Å². The normalized spacial score (nSPS) is 24.0. The molecule has 3 heterocycles. The standard InChI is InChI=1S/C17H19FN4O4.ClH/c18-11-6-13-14(26-8-9-7-19-3-4-22(9)13)5-10(11)16(24)20-12-1-2-15(23)21-17(12)25;/h5-6,9,12,19H,1-4,7-8H2,(H,20,24)(H,21,23,25);1H/t9-,12-;/m0./s1. The van der Waals surface area contributed by atoms with Crippen LogP contribution in [0.1, 0.15) is 23.2 Å². The van der Waals surface area contributed by atoms with Gasteiger partial charge in [0.25, 0.3) is 5.91 Å². The molecule has 10 heteroatoms. The second-order valence-corrected chi connectivity index (χ2v) is 6.64. The van der Waals surface area contributed by atoms with Crippen molar-refractivity contribution in [2.75, 3.05) is 31.1 Å². The number of nitrogens with one attached hydrogen (secondary N) is 3. The van der Waals surface area contributed by atoms with Crippen molar-refractivity contribution in [3.05, 3.63) is 23.5 Å². The monoisotopic (exact) mass is 398 g/mol. The number of amides is 3. The maximum Gasteiger partial charge on any atom is 0.255 e. The van der Waals surface area contributed by atoms with Gasteiger partial charge in [0.15, 0.2) is 0 Å². The summed E-state index contributed by atoms with van der Waals surface area (Å²) in [6, 6.07) is 1.98. The molecule has 3 amide bonds. The van der Waals surface area contributed by atoms with Crippen LogP contribution in [0, 0.1) is 5.82 Å². The first kappa shape index (κ1) is 19.4. The molecule has 2 saturated heterocycles. The highest BCUT2D eigenvalue weighted by Crippen LogP contribution is 2.36. The third-order valence-corrected chi connectivity index (χ3v) is 4.93. The fraction of sp³-hybridized carbons (Fsp3) is 0.471. The first-order valence-corrected chi connectivity index (χ1v) is 8.61. The van der Waals surface area contributed by atoms with Crippen LogP contribution >= 0.6 is 12.4 Å². The maximum atomic E-state index is 14.6. The van der Waals surface area contributed by atoms with Crippen LogP contribution in [0.2, 0.25) is 0 Å². The first-order valence-electron chi connectivity index (χ1n) is 8.61. The Kier molecular flexibility index (Phi) is 5.52. The molecule has 3 N–H and O–H groups in total. The smallest absolute Gasteiger partial charge is 0.255 e. The van der Waals surface area contributed by atoms with Crippen molar-refractivity contribution in [3.8, 4) is 5.75 Å². The quantitative estimate of drug-likeness (QED) is 0.604. The van der Waals surface area contributed by atoms with Gasteiger partial charge in [-0.25, -0.2) is 4.39 Å². The molecule has 2 fully saturated rings. The highest BCUT2D eigenvalue weighted by Gasteiger charge is 2.33. The van der Waals surface area contributed by atoms with E-state index in [4.69, 9.17) is 4.74 Å². The van der Waals surface area contributed by atoms with Gasteiger partial charge in [-0.2, -0.15) is 0 Å². The van der Waals surface area contributed by atoms with Crippen molar-refractivity contribution in [1.82, 2.24) is 16.0 Å². The Morgan fingerprint density at radius 1 is 1.33 bits per heavy atom. The van der Waals surface area contributed by atoms with Crippen LogP contribution < -0.4 is 25.6 Å². The molecule has 4 rings (SSSR count). The van der Waals surface area contributed by atoms with Gasteiger partial charge < -0.3 is 20.3 Å². The van der Waals surface area contributed by atoms with Crippen LogP contribution in [0.25, 0.3) is 0 Å². The summed E-state index contributed by atoms with van der Waals surface area (Å²) in [6.07, 6.45) is 0.332. The lowest BCUT2D eigenvalue weighted by Crippen LogP contribution is -2.55. The molecule has 1 aromatic carbocycles. The van der Waals surface area contributed by atoms with Gasteiger partial charge in [0, 0.05) is 32.1 Å². The summed E-state index contributed by atoms with van der Waals surface area (Å²) in [5.41, 5.74) is 0.458. The Labute approximate surface area is 161 Å². The van der Waals surface area contributed by atoms with Crippen molar-refractivity contribution in [1.29, 1.82) is 0 Å². The van der Waals surface area contributed by atoms with Gasteiger partial charge in [-0.15, -0.1) is 12.4 Å². The summed E-state index contributed by atoms with van der Waals surface area (Å²) >= 11 is 0. The van der Waals surface area contributed by atoms with E-state index in [0.717, 1.165) is 19.6 Å². The third-order valence-electron chi connectivity index (χ3n) is 4.93. The molecular weight excluding hydrogens is 379 g/mol. The molecule has 0 unspecified atom stereocenters. The number of rotatable bonds is 2. The Morgan fingerprint density at radius 3 is 2.93 bits per heavy atom. The molecule has 0 radical (unpaired) electrons. The van der Waals surface area contributed by atoms with Crippen LogP contribution in [0.3, 0.4) is 0 Å². The molecule has 146 valence electrons. The molecule has 0 spiro atoms. The van der Waals surface area contributed by atoms with Crippen LogP contribution in [0.5, 0.6) is 5.75 Å². The van der Waals surface area contributed by atoms with Crippen molar-refractivity contribution in [2.24, 2.45) is 0 Å². The number of piperidine rings is 1. The van der Waals surface area contributed by atoms with E-state index in [1.807, 2.05) is 0 Å². The lowest BCUT2D eigenvalue weighted by atomic mass is 10.0. The molecule has 3 aliphatic heterocycles. The molecule has 1 aromatic rings. The van der Waals surface area contributed by atoms with Crippen molar-refractivity contribution in [2.45, 2.75) is 24.9 Å². The minimum Gasteiger partial charge on any atom is -0.489 e. The van der Waals surface area contributed by atoms with Crippen molar-refractivity contribution in [3.63, 3.8) is 0 Å². The molecule has 0 bridgehead atoms. The molecule has 0 saturated carbocycles. The molecule has 2 atom stereocenters. The number of hydrogen-bond acceptors (Lipinski definition) is 6. The fourth-order valence-corrected chi connectivity index (χ4v) is 3.54. The number of nitrogens with zero attached hydrogens (tertiary/aromatic N) is 1. The molecule has 27 heavy (non-hydrogen) atoms. The van der Waals surface area contributed by atoms with E-state index >= 15 is 0 Å². The number of fused-ring (bicyclic) bond motifs is 3. The van der Waals surface area contributed by atoms with Crippen molar-refractivity contribution >= 4 is 35.8 Å². The van der Waals surface area contributed by atoms with Crippen molar-refractivity contribution < 1.29 is 23.5 Å². The van der Waals surface area contributed by atoms with E-state index in [2.05, 4.69) is 20.9 Å². The molecule has 3 aliphatic rings. The fourth-order valence-electron chi connectivity index (χ4n) is 3.54. The number of imide groups is 1. The number of anilines is 1. The van der Waals surface area contributed by atoms with E-state index in [-0.39, 0.29) is 42.8 Å². The number of benzene rings is 1. The summed E-state index contributed by atoms with van der Waals surface area (Å²) in [5, 5.41) is 7.92. The second kappa shape index (κ2) is 7.69. The second-order valence-electron chi connectivity index (χ2n) is 6.64. The molecule has 0 aromatic heterocycles. The van der Waals surface area contributed by atoms with Gasteiger partial charge >= 0.3 is 0 Å². The zero-order chi connectivity index (χ0) is 18.3. The SMILES string of the molecule is Cl.O=C1CC[C@H](NC(=O)c2cc3c(cc2F)N2CCNC[C@H]2CO3)C(=O)N1. The van der Waals surface area contributed by atoms with E-state index in [1.165, 1.54) is 12.1 Å². The number of carbonyl (C=O) groups excluding carboxylic acids is 3. The Balaban J connectivity index is 0.00000210. The number of halogens is 2. The summed E-state index contributed by atoms with van der Waals surface area (Å²) in [4.78, 5) is 37.5. The maximum absolute atomic E-state index is 14.6. The van der Waals surface area contributed by atoms with Gasteiger partial charge in [-0.1, -0.05) is 0 Å². The van der Waals surface area contributed by atoms with Crippen LogP contribution in [0.4, 0.5) is 10.1 Å². The average Bonchev–Trinajstić information content (AvgIpc) is 2.63. The number of hydrogen-bond donors (Lipinski definition) is 3. The number of piperazine rings is 1. The molecular formula is C17H20ClFN4O4. The van der Waals surface area contributed by atoms with E-state index in [1.54, 1.807) is 0 Å². The minimum atomic E-state index is -0.853. The Bertz CT molecular complexity index is 790. The van der Waals surface area contributed by atoms with E-state index in [0.29, 0.717) is 18.0 Å². The van der Waals surface area contributed by atoms with Crippen LogP contribution in [-0.2, 0) is 9.59 Å². The largest absolute Gasteiger partial charge is 0.489 e. The summed E-state index contributed by atoms with van der Waals surface area (Å²) in [7, 11) is 0. The average molecular weight is 399 g/mol. The molecule has 0 aliphatic carbocycles. The lowest BCUT2D eigenvalue weighted by molar-refractivity contribution is -0.134. The summed E-state index contributed by atoms with van der Waals surface area (Å²) < 4.78 is 20.3. The van der Waals surface area contributed by atoms with E-state index in [9.17, 15) is 18.8 Å². The zero-order valence-electron chi connectivity index (χ0n) is 14.4. The van der Waals surface area contributed by atoms with E-state index < -0.39 is 23.7 Å². The van der Waals surface area contributed by atoms with Gasteiger partial charge in [0.1, 0.15) is 24.2 Å². The van der Waals surface area contributed by atoms with Gasteiger partial charge in [-0.05, 0) is 12.5 Å². The zero-order valence-corrected chi connectivity index (χ0v) is 15.2. The third kappa shape index (κ3) is 3.70. The highest BCUT2D eigenvalue weighted by molar-refractivity contribution is 6.04. The highest BCUT2D eigenvalue weighted by atomic mass is 35.5. The van der Waals surface area contributed by atoms with Gasteiger partial charge in [0.05, 0.1) is 17.3 Å². The van der Waals surface area contributed by atoms with Crippen LogP contribution in [-0.4, -0.2) is 56.0 Å². The molecule has 8 nitrogen and oxygen atoms in total. The predicted molar refractivity (Wildman–Crippen MR) is 96.8 cm³/mol. The van der Waals surface area contributed by atoms with Crippen LogP contribution in [0.15, 0.2) is 12.1 Å². The number of carbonyl (C=O) groups is 3. The first-order chi connectivity index (χ1) is 12.5. The lowest BCUT2D eigenvalue weighted by Gasteiger charge is -2.42. The summed E-state index contributed by atoms with van der Waals surface area (Å²) in [5.74, 6) is -1.87. The summed E-state index contributed by atoms with van der Waals surface area (Å²) in [6.45, 7) is 2.76. The topological polar surface area (TPSA) is 99.8 Å². The Morgan fingerprint density at radius 2 is 2.15 bits per heavy atom. The Hall–Kier alpha value is -2.39. The van der Waals surface area contributed by atoms with Gasteiger partial charge in [0.2, 0.25) is 11.8 Å².